The van der Waals surface area contributed by atoms with Crippen LogP contribution in [0.1, 0.15) is 24.7 Å². The third kappa shape index (κ3) is 2.48. The highest BCUT2D eigenvalue weighted by molar-refractivity contribution is 5.39. The van der Waals surface area contributed by atoms with Crippen LogP contribution in [-0.4, -0.2) is 39.1 Å². The third-order valence-corrected chi connectivity index (χ3v) is 4.06. The van der Waals surface area contributed by atoms with Crippen LogP contribution < -0.4 is 5.73 Å². The smallest absolute Gasteiger partial charge is 0.160 e. The molecule has 0 radical (unpaired) electrons. The molecule has 0 saturated carbocycles. The fourth-order valence-electron chi connectivity index (χ4n) is 2.87. The lowest BCUT2D eigenvalue weighted by Gasteiger charge is -2.12. The first-order valence-corrected chi connectivity index (χ1v) is 7.05. The Morgan fingerprint density at radius 3 is 3.00 bits per heavy atom. The fraction of sp³-hybridized carbons (Fsp3) is 0.571. The fourth-order valence-corrected chi connectivity index (χ4v) is 2.87. The molecular weight excluding hydrogens is 238 g/mol. The molecule has 0 bridgehead atoms. The van der Waals surface area contributed by atoms with Gasteiger partial charge in [0.25, 0.3) is 0 Å². The Morgan fingerprint density at radius 1 is 1.37 bits per heavy atom. The largest absolute Gasteiger partial charge is 0.326 e. The molecular formula is C14H21N5. The first-order valence-electron chi connectivity index (χ1n) is 7.05. The number of nitrogens with zero attached hydrogens (tertiary/aromatic N) is 4. The van der Waals surface area contributed by atoms with Crippen LogP contribution in [0.5, 0.6) is 0 Å². The highest BCUT2D eigenvalue weighted by Crippen LogP contribution is 2.20. The average molecular weight is 259 g/mol. The van der Waals surface area contributed by atoms with Crippen molar-refractivity contribution >= 4 is 5.65 Å². The predicted molar refractivity (Wildman–Crippen MR) is 74.8 cm³/mol. The van der Waals surface area contributed by atoms with Gasteiger partial charge in [0.1, 0.15) is 5.82 Å². The zero-order chi connectivity index (χ0) is 13.2. The quantitative estimate of drug-likeness (QED) is 0.892. The Hall–Kier alpha value is -1.46. The molecule has 2 aromatic heterocycles. The van der Waals surface area contributed by atoms with Gasteiger partial charge in [0.05, 0.1) is 0 Å². The predicted octanol–water partition coefficient (Wildman–Crippen LogP) is 1.07. The summed E-state index contributed by atoms with van der Waals surface area (Å²) in [6.45, 7) is 6.32. The summed E-state index contributed by atoms with van der Waals surface area (Å²) in [7, 11) is 0. The lowest BCUT2D eigenvalue weighted by atomic mass is 10.0. The summed E-state index contributed by atoms with van der Waals surface area (Å²) < 4.78 is 2.09. The van der Waals surface area contributed by atoms with Crippen molar-refractivity contribution in [3.05, 3.63) is 29.7 Å². The minimum atomic E-state index is 0.556. The topological polar surface area (TPSA) is 59.5 Å². The number of likely N-dealkylation sites (tertiary alicyclic amines) is 1. The van der Waals surface area contributed by atoms with Gasteiger partial charge in [0.2, 0.25) is 0 Å². The number of rotatable bonds is 4. The van der Waals surface area contributed by atoms with Gasteiger partial charge in [-0.05, 0) is 37.1 Å². The van der Waals surface area contributed by atoms with E-state index in [2.05, 4.69) is 32.6 Å². The zero-order valence-electron chi connectivity index (χ0n) is 11.4. The van der Waals surface area contributed by atoms with E-state index in [1.807, 2.05) is 12.1 Å². The lowest BCUT2D eigenvalue weighted by Crippen LogP contribution is -2.20. The van der Waals surface area contributed by atoms with Crippen LogP contribution in [-0.2, 0) is 13.0 Å². The summed E-state index contributed by atoms with van der Waals surface area (Å²) in [5, 5.41) is 8.57. The number of hydrogen-bond acceptors (Lipinski definition) is 4. The minimum Gasteiger partial charge on any atom is -0.326 e. The second-order valence-corrected chi connectivity index (χ2v) is 5.34. The maximum atomic E-state index is 5.70. The standard InChI is InChI=1S/C14H21N5/c1-2-18-6-5-11(9-18)7-14-17-16-13-4-3-12(8-15)10-19(13)14/h3-4,10-11H,2,5-9,15H2,1H3. The molecule has 5 heteroatoms. The molecule has 1 fully saturated rings. The van der Waals surface area contributed by atoms with E-state index in [1.165, 1.54) is 19.5 Å². The first-order chi connectivity index (χ1) is 9.30. The van der Waals surface area contributed by atoms with Gasteiger partial charge in [-0.15, -0.1) is 10.2 Å². The van der Waals surface area contributed by atoms with E-state index < -0.39 is 0 Å². The van der Waals surface area contributed by atoms with Gasteiger partial charge in [-0.3, -0.25) is 4.40 Å². The van der Waals surface area contributed by atoms with Gasteiger partial charge in [0.15, 0.2) is 5.65 Å². The maximum Gasteiger partial charge on any atom is 0.160 e. The molecule has 19 heavy (non-hydrogen) atoms. The number of nitrogens with two attached hydrogens (primary N) is 1. The molecule has 0 aromatic carbocycles. The molecule has 1 saturated heterocycles. The second-order valence-electron chi connectivity index (χ2n) is 5.34. The van der Waals surface area contributed by atoms with E-state index in [1.54, 1.807) is 0 Å². The third-order valence-electron chi connectivity index (χ3n) is 4.06. The van der Waals surface area contributed by atoms with Gasteiger partial charge in [-0.2, -0.15) is 0 Å². The minimum absolute atomic E-state index is 0.556. The van der Waals surface area contributed by atoms with E-state index in [0.29, 0.717) is 12.5 Å². The molecule has 1 aliphatic heterocycles. The second kappa shape index (κ2) is 5.27. The molecule has 1 unspecified atom stereocenters. The van der Waals surface area contributed by atoms with Crippen LogP contribution in [0, 0.1) is 5.92 Å². The van der Waals surface area contributed by atoms with Gasteiger partial charge in [-0.25, -0.2) is 0 Å². The number of aromatic nitrogens is 3. The van der Waals surface area contributed by atoms with Crippen molar-refractivity contribution in [2.45, 2.75) is 26.3 Å². The Balaban J connectivity index is 1.81. The summed E-state index contributed by atoms with van der Waals surface area (Å²) in [6, 6.07) is 4.01. The maximum absolute atomic E-state index is 5.70. The SMILES string of the molecule is CCN1CCC(Cc2nnc3ccc(CN)cn23)C1. The van der Waals surface area contributed by atoms with Crippen molar-refractivity contribution in [1.29, 1.82) is 0 Å². The van der Waals surface area contributed by atoms with Crippen molar-refractivity contribution in [3.8, 4) is 0 Å². The van der Waals surface area contributed by atoms with Crippen LogP contribution >= 0.6 is 0 Å². The van der Waals surface area contributed by atoms with Crippen molar-refractivity contribution in [2.75, 3.05) is 19.6 Å². The van der Waals surface area contributed by atoms with E-state index in [-0.39, 0.29) is 0 Å². The van der Waals surface area contributed by atoms with Gasteiger partial charge in [-0.1, -0.05) is 13.0 Å². The number of pyridine rings is 1. The first kappa shape index (κ1) is 12.6. The monoisotopic (exact) mass is 259 g/mol. The molecule has 0 aliphatic carbocycles. The summed E-state index contributed by atoms with van der Waals surface area (Å²) in [6.07, 6.45) is 4.34. The molecule has 5 nitrogen and oxygen atoms in total. The molecule has 2 N–H and O–H groups in total. The summed E-state index contributed by atoms with van der Waals surface area (Å²) in [5.41, 5.74) is 7.73. The number of fused-ring (bicyclic) bond motifs is 1. The van der Waals surface area contributed by atoms with Crippen molar-refractivity contribution < 1.29 is 0 Å². The molecule has 1 atom stereocenters. The highest BCUT2D eigenvalue weighted by Gasteiger charge is 2.23. The van der Waals surface area contributed by atoms with E-state index in [9.17, 15) is 0 Å². The summed E-state index contributed by atoms with van der Waals surface area (Å²) in [4.78, 5) is 2.50. The summed E-state index contributed by atoms with van der Waals surface area (Å²) in [5.74, 6) is 1.77. The highest BCUT2D eigenvalue weighted by atomic mass is 15.2. The van der Waals surface area contributed by atoms with Gasteiger partial charge in [0, 0.05) is 25.7 Å². The van der Waals surface area contributed by atoms with Crippen molar-refractivity contribution in [3.63, 3.8) is 0 Å². The van der Waals surface area contributed by atoms with Crippen LogP contribution in [0.4, 0.5) is 0 Å². The van der Waals surface area contributed by atoms with Gasteiger partial charge < -0.3 is 10.6 Å². The van der Waals surface area contributed by atoms with Crippen LogP contribution in [0.15, 0.2) is 18.3 Å². The van der Waals surface area contributed by atoms with E-state index in [4.69, 9.17) is 5.73 Å². The molecule has 0 spiro atoms. The molecule has 1 aliphatic rings. The summed E-state index contributed by atoms with van der Waals surface area (Å²) >= 11 is 0. The molecule has 3 rings (SSSR count). The molecule has 3 heterocycles. The number of hydrogen-bond donors (Lipinski definition) is 1. The van der Waals surface area contributed by atoms with Gasteiger partial charge >= 0.3 is 0 Å². The van der Waals surface area contributed by atoms with E-state index in [0.717, 1.165) is 30.0 Å². The Labute approximate surface area is 113 Å². The van der Waals surface area contributed by atoms with Crippen LogP contribution in [0.3, 0.4) is 0 Å². The zero-order valence-corrected chi connectivity index (χ0v) is 11.4. The Kier molecular flexibility index (Phi) is 3.48. The Bertz CT molecular complexity index is 562. The lowest BCUT2D eigenvalue weighted by molar-refractivity contribution is 0.340. The van der Waals surface area contributed by atoms with Crippen LogP contribution in [0.25, 0.3) is 5.65 Å². The van der Waals surface area contributed by atoms with Crippen LogP contribution in [0.2, 0.25) is 0 Å². The molecule has 0 amide bonds. The van der Waals surface area contributed by atoms with E-state index >= 15 is 0 Å². The van der Waals surface area contributed by atoms with Crippen molar-refractivity contribution in [2.24, 2.45) is 11.7 Å². The normalized spacial score (nSPS) is 20.4. The average Bonchev–Trinajstić information content (AvgIpc) is 3.06. The van der Waals surface area contributed by atoms with Crippen molar-refractivity contribution in [1.82, 2.24) is 19.5 Å². The molecule has 2 aromatic rings. The Morgan fingerprint density at radius 2 is 2.26 bits per heavy atom. The molecule has 102 valence electrons.